The van der Waals surface area contributed by atoms with E-state index in [1.807, 2.05) is 0 Å². The molecule has 0 bridgehead atoms. The Morgan fingerprint density at radius 1 is 1.46 bits per heavy atom. The lowest BCUT2D eigenvalue weighted by Crippen LogP contribution is -2.43. The van der Waals surface area contributed by atoms with Crippen LogP contribution >= 0.6 is 0 Å². The zero-order valence-electron chi connectivity index (χ0n) is 8.64. The van der Waals surface area contributed by atoms with Crippen molar-refractivity contribution in [2.45, 2.75) is 26.7 Å². The molecule has 1 N–H and O–H groups in total. The van der Waals surface area contributed by atoms with Gasteiger partial charge in [-0.05, 0) is 18.3 Å². The maximum absolute atomic E-state index is 4.51. The van der Waals surface area contributed by atoms with Crippen molar-refractivity contribution in [3.63, 3.8) is 0 Å². The second-order valence-electron chi connectivity index (χ2n) is 4.82. The summed E-state index contributed by atoms with van der Waals surface area (Å²) >= 11 is 0. The summed E-state index contributed by atoms with van der Waals surface area (Å²) in [7, 11) is 0. The Morgan fingerprint density at radius 2 is 2.31 bits per heavy atom. The number of aliphatic imine (C=N–C) groups is 1. The molecule has 0 radical (unpaired) electrons. The van der Waals surface area contributed by atoms with Crippen LogP contribution in [0.2, 0.25) is 0 Å². The Bertz CT molecular complexity index is 220. The molecule has 0 saturated carbocycles. The molecule has 1 saturated heterocycles. The zero-order chi connectivity index (χ0) is 9.31. The van der Waals surface area contributed by atoms with Gasteiger partial charge in [-0.15, -0.1) is 0 Å². The van der Waals surface area contributed by atoms with Crippen molar-refractivity contribution >= 4 is 5.96 Å². The summed E-state index contributed by atoms with van der Waals surface area (Å²) in [4.78, 5) is 6.90. The molecule has 3 heteroatoms. The van der Waals surface area contributed by atoms with E-state index < -0.39 is 0 Å². The average molecular weight is 181 g/mol. The van der Waals surface area contributed by atoms with E-state index in [2.05, 4.69) is 29.1 Å². The summed E-state index contributed by atoms with van der Waals surface area (Å²) in [5.41, 5.74) is 0.474. The highest BCUT2D eigenvalue weighted by atomic mass is 15.3. The van der Waals surface area contributed by atoms with Crippen LogP contribution in [0.15, 0.2) is 4.99 Å². The first-order chi connectivity index (χ1) is 6.17. The smallest absolute Gasteiger partial charge is 0.193 e. The minimum atomic E-state index is 0.474. The number of rotatable bonds is 0. The van der Waals surface area contributed by atoms with Gasteiger partial charge in [-0.2, -0.15) is 0 Å². The Morgan fingerprint density at radius 3 is 2.85 bits per heavy atom. The van der Waals surface area contributed by atoms with Crippen LogP contribution in [0.3, 0.4) is 0 Å². The Hall–Kier alpha value is -0.730. The fourth-order valence-electron chi connectivity index (χ4n) is 2.03. The van der Waals surface area contributed by atoms with Gasteiger partial charge in [0.2, 0.25) is 0 Å². The van der Waals surface area contributed by atoms with Gasteiger partial charge < -0.3 is 10.2 Å². The van der Waals surface area contributed by atoms with Gasteiger partial charge in [-0.1, -0.05) is 13.8 Å². The van der Waals surface area contributed by atoms with Crippen molar-refractivity contribution in [2.75, 3.05) is 26.2 Å². The van der Waals surface area contributed by atoms with Gasteiger partial charge in [0.05, 0.1) is 0 Å². The quantitative estimate of drug-likeness (QED) is 0.605. The van der Waals surface area contributed by atoms with Crippen molar-refractivity contribution < 1.29 is 0 Å². The van der Waals surface area contributed by atoms with Gasteiger partial charge in [0.25, 0.3) is 0 Å². The monoisotopic (exact) mass is 181 g/mol. The standard InChI is InChI=1S/C10H19N3/c1-10(2)4-7-13(8-10)9-11-5-3-6-12-9/h3-8H2,1-2H3,(H,11,12). The van der Waals surface area contributed by atoms with Crippen LogP contribution in [0.25, 0.3) is 0 Å². The van der Waals surface area contributed by atoms with E-state index in [-0.39, 0.29) is 0 Å². The van der Waals surface area contributed by atoms with Crippen LogP contribution in [-0.2, 0) is 0 Å². The molecule has 74 valence electrons. The van der Waals surface area contributed by atoms with Crippen molar-refractivity contribution in [2.24, 2.45) is 10.4 Å². The van der Waals surface area contributed by atoms with E-state index >= 15 is 0 Å². The van der Waals surface area contributed by atoms with Gasteiger partial charge in [0.1, 0.15) is 0 Å². The van der Waals surface area contributed by atoms with Gasteiger partial charge in [0.15, 0.2) is 5.96 Å². The summed E-state index contributed by atoms with van der Waals surface area (Å²) in [6.45, 7) is 9.07. The fraction of sp³-hybridized carbons (Fsp3) is 0.900. The highest BCUT2D eigenvalue weighted by Gasteiger charge is 2.31. The van der Waals surface area contributed by atoms with E-state index in [1.54, 1.807) is 0 Å². The third-order valence-corrected chi connectivity index (χ3v) is 2.86. The number of nitrogens with one attached hydrogen (secondary N) is 1. The molecular formula is C10H19N3. The Kier molecular flexibility index (Phi) is 2.18. The molecule has 2 heterocycles. The van der Waals surface area contributed by atoms with E-state index in [1.165, 1.54) is 19.4 Å². The maximum Gasteiger partial charge on any atom is 0.193 e. The third-order valence-electron chi connectivity index (χ3n) is 2.86. The van der Waals surface area contributed by atoms with Crippen LogP contribution in [0, 0.1) is 5.41 Å². The molecule has 0 aliphatic carbocycles. The number of hydrogen-bond acceptors (Lipinski definition) is 3. The Labute approximate surface area is 80.2 Å². The van der Waals surface area contributed by atoms with E-state index in [0.29, 0.717) is 5.41 Å². The van der Waals surface area contributed by atoms with E-state index in [0.717, 1.165) is 25.6 Å². The first-order valence-electron chi connectivity index (χ1n) is 5.21. The number of hydrogen-bond donors (Lipinski definition) is 1. The average Bonchev–Trinajstić information content (AvgIpc) is 2.48. The molecule has 3 nitrogen and oxygen atoms in total. The van der Waals surface area contributed by atoms with Gasteiger partial charge in [-0.25, -0.2) is 0 Å². The predicted octanol–water partition coefficient (Wildman–Crippen LogP) is 1.07. The van der Waals surface area contributed by atoms with Crippen molar-refractivity contribution in [1.82, 2.24) is 10.2 Å². The predicted molar refractivity (Wildman–Crippen MR) is 54.9 cm³/mol. The summed E-state index contributed by atoms with van der Waals surface area (Å²) in [5, 5.41) is 3.37. The number of nitrogens with zero attached hydrogens (tertiary/aromatic N) is 2. The lowest BCUT2D eigenvalue weighted by Gasteiger charge is -2.25. The summed E-state index contributed by atoms with van der Waals surface area (Å²) in [6.07, 6.45) is 2.47. The minimum Gasteiger partial charge on any atom is -0.356 e. The molecule has 2 rings (SSSR count). The molecule has 2 aliphatic heterocycles. The summed E-state index contributed by atoms with van der Waals surface area (Å²) in [6, 6.07) is 0. The first kappa shape index (κ1) is 8.85. The van der Waals surface area contributed by atoms with Crippen molar-refractivity contribution in [3.05, 3.63) is 0 Å². The molecule has 13 heavy (non-hydrogen) atoms. The van der Waals surface area contributed by atoms with E-state index in [4.69, 9.17) is 0 Å². The molecule has 0 aromatic carbocycles. The van der Waals surface area contributed by atoms with Crippen molar-refractivity contribution in [1.29, 1.82) is 0 Å². The molecular weight excluding hydrogens is 162 g/mol. The van der Waals surface area contributed by atoms with Gasteiger partial charge in [-0.3, -0.25) is 4.99 Å². The van der Waals surface area contributed by atoms with Gasteiger partial charge >= 0.3 is 0 Å². The number of guanidine groups is 1. The molecule has 0 aromatic rings. The van der Waals surface area contributed by atoms with Gasteiger partial charge in [0, 0.05) is 26.2 Å². The number of likely N-dealkylation sites (tertiary alicyclic amines) is 1. The Balaban J connectivity index is 1.99. The van der Waals surface area contributed by atoms with Crippen LogP contribution in [0.1, 0.15) is 26.7 Å². The molecule has 0 atom stereocenters. The third kappa shape index (κ3) is 1.95. The van der Waals surface area contributed by atoms with Crippen molar-refractivity contribution in [3.8, 4) is 0 Å². The minimum absolute atomic E-state index is 0.474. The second-order valence-corrected chi connectivity index (χ2v) is 4.82. The first-order valence-corrected chi connectivity index (χ1v) is 5.21. The van der Waals surface area contributed by atoms with Crippen LogP contribution in [0.4, 0.5) is 0 Å². The SMILES string of the molecule is CC1(C)CCN(C2=NCCCN2)C1. The molecule has 2 aliphatic rings. The zero-order valence-corrected chi connectivity index (χ0v) is 8.64. The van der Waals surface area contributed by atoms with Crippen LogP contribution < -0.4 is 5.32 Å². The topological polar surface area (TPSA) is 27.6 Å². The second kappa shape index (κ2) is 3.20. The van der Waals surface area contributed by atoms with Crippen LogP contribution in [0.5, 0.6) is 0 Å². The molecule has 0 unspecified atom stereocenters. The van der Waals surface area contributed by atoms with E-state index in [9.17, 15) is 0 Å². The highest BCUT2D eigenvalue weighted by Crippen LogP contribution is 2.28. The fourth-order valence-corrected chi connectivity index (χ4v) is 2.03. The largest absolute Gasteiger partial charge is 0.356 e. The highest BCUT2D eigenvalue weighted by molar-refractivity contribution is 5.80. The normalized spacial score (nSPS) is 26.9. The molecule has 0 spiro atoms. The maximum atomic E-state index is 4.51. The summed E-state index contributed by atoms with van der Waals surface area (Å²) in [5.74, 6) is 1.14. The van der Waals surface area contributed by atoms with Crippen LogP contribution in [-0.4, -0.2) is 37.0 Å². The lowest BCUT2D eigenvalue weighted by atomic mass is 9.93. The molecule has 1 fully saturated rings. The molecule has 0 amide bonds. The summed E-state index contributed by atoms with van der Waals surface area (Å²) < 4.78 is 0. The molecule has 0 aromatic heterocycles. The lowest BCUT2D eigenvalue weighted by molar-refractivity contribution is 0.368.